The number of fused-ring (bicyclic) bond motifs is 1. The van der Waals surface area contributed by atoms with Crippen LogP contribution in [-0.2, 0) is 24.4 Å². The molecule has 3 heterocycles. The van der Waals surface area contributed by atoms with Crippen molar-refractivity contribution in [2.24, 2.45) is 5.92 Å². The molecule has 1 aliphatic heterocycles. The summed E-state index contributed by atoms with van der Waals surface area (Å²) in [6.07, 6.45) is 2.94. The number of aromatic nitrogens is 2. The van der Waals surface area contributed by atoms with Gasteiger partial charge in [0.2, 0.25) is 5.89 Å². The number of carbonyl (C=O) groups is 2. The summed E-state index contributed by atoms with van der Waals surface area (Å²) in [7, 11) is 0. The van der Waals surface area contributed by atoms with Gasteiger partial charge in [0.05, 0.1) is 43.3 Å². The van der Waals surface area contributed by atoms with Crippen LogP contribution < -0.4 is 10.6 Å². The second kappa shape index (κ2) is 9.35. The number of carbonyl (C=O) groups excluding carboxylic acids is 2. The first-order chi connectivity index (χ1) is 15.4. The van der Waals surface area contributed by atoms with E-state index < -0.39 is 0 Å². The third kappa shape index (κ3) is 4.57. The van der Waals surface area contributed by atoms with Gasteiger partial charge in [0.15, 0.2) is 0 Å². The lowest BCUT2D eigenvalue weighted by Crippen LogP contribution is -2.34. The van der Waals surface area contributed by atoms with Crippen molar-refractivity contribution in [1.82, 2.24) is 20.2 Å². The van der Waals surface area contributed by atoms with Crippen molar-refractivity contribution in [1.29, 1.82) is 0 Å². The van der Waals surface area contributed by atoms with E-state index in [1.54, 1.807) is 18.2 Å². The molecule has 2 N–H and O–H groups in total. The molecule has 0 aliphatic carbocycles. The number of oxazole rings is 1. The first-order valence-electron chi connectivity index (χ1n) is 10.5. The molecule has 0 fully saturated rings. The lowest BCUT2D eigenvalue weighted by molar-refractivity contribution is 0.0773. The molecule has 4 rings (SSSR count). The summed E-state index contributed by atoms with van der Waals surface area (Å²) < 4.78 is 25.8. The maximum absolute atomic E-state index is 13.3. The quantitative estimate of drug-likeness (QED) is 0.588. The van der Waals surface area contributed by atoms with E-state index in [1.165, 1.54) is 24.6 Å². The molecule has 1 aliphatic rings. The van der Waals surface area contributed by atoms with Gasteiger partial charge in [0, 0.05) is 6.54 Å². The Balaban J connectivity index is 1.57. The van der Waals surface area contributed by atoms with Crippen molar-refractivity contribution < 1.29 is 23.1 Å². The van der Waals surface area contributed by atoms with Crippen molar-refractivity contribution in [3.8, 4) is 0 Å². The Morgan fingerprint density at radius 2 is 2.00 bits per heavy atom. The summed E-state index contributed by atoms with van der Waals surface area (Å²) in [6, 6.07) is 7.38. The Hall–Kier alpha value is -3.46. The zero-order valence-corrected chi connectivity index (χ0v) is 17.9. The SMILES string of the molecule is CC(C)[C@@H](NC(=O)c1cc(C(=O)NCc2ncco2)c2n1CCOC2)c1ccc(F)cc1. The summed E-state index contributed by atoms with van der Waals surface area (Å²) in [5.74, 6) is -0.506. The van der Waals surface area contributed by atoms with Gasteiger partial charge in [-0.1, -0.05) is 26.0 Å². The van der Waals surface area contributed by atoms with Crippen LogP contribution in [-0.4, -0.2) is 28.0 Å². The molecule has 0 saturated heterocycles. The van der Waals surface area contributed by atoms with E-state index in [-0.39, 0.29) is 42.7 Å². The van der Waals surface area contributed by atoms with E-state index >= 15 is 0 Å². The Kier molecular flexibility index (Phi) is 6.36. The summed E-state index contributed by atoms with van der Waals surface area (Å²) in [6.45, 7) is 5.26. The van der Waals surface area contributed by atoms with Crippen molar-refractivity contribution >= 4 is 11.8 Å². The van der Waals surface area contributed by atoms with Crippen molar-refractivity contribution in [3.05, 3.63) is 77.0 Å². The minimum Gasteiger partial charge on any atom is -0.447 e. The Labute approximate surface area is 184 Å². The van der Waals surface area contributed by atoms with Gasteiger partial charge in [-0.25, -0.2) is 9.37 Å². The molecule has 0 unspecified atom stereocenters. The minimum absolute atomic E-state index is 0.0760. The van der Waals surface area contributed by atoms with Gasteiger partial charge in [-0.3, -0.25) is 9.59 Å². The third-order valence-corrected chi connectivity index (χ3v) is 5.45. The second-order valence-corrected chi connectivity index (χ2v) is 7.95. The fraction of sp³-hybridized carbons (Fsp3) is 0.348. The molecule has 0 radical (unpaired) electrons. The average molecular weight is 440 g/mol. The fourth-order valence-corrected chi connectivity index (χ4v) is 3.82. The van der Waals surface area contributed by atoms with Crippen LogP contribution in [0.25, 0.3) is 0 Å². The van der Waals surface area contributed by atoms with E-state index in [9.17, 15) is 14.0 Å². The van der Waals surface area contributed by atoms with Crippen LogP contribution in [0.3, 0.4) is 0 Å². The molecule has 3 aromatic rings. The number of hydrogen-bond donors (Lipinski definition) is 2. The van der Waals surface area contributed by atoms with E-state index in [2.05, 4.69) is 15.6 Å². The fourth-order valence-electron chi connectivity index (χ4n) is 3.82. The lowest BCUT2D eigenvalue weighted by Gasteiger charge is -2.24. The van der Waals surface area contributed by atoms with Crippen LogP contribution in [0.15, 0.2) is 47.2 Å². The zero-order chi connectivity index (χ0) is 22.7. The maximum atomic E-state index is 13.3. The summed E-state index contributed by atoms with van der Waals surface area (Å²) in [5, 5.41) is 5.81. The molecule has 2 aromatic heterocycles. The highest BCUT2D eigenvalue weighted by Gasteiger charge is 2.28. The molecule has 2 amide bonds. The first kappa shape index (κ1) is 21.8. The molecule has 8 nitrogen and oxygen atoms in total. The van der Waals surface area contributed by atoms with Crippen LogP contribution in [0, 0.1) is 11.7 Å². The number of nitrogens with zero attached hydrogens (tertiary/aromatic N) is 2. The highest BCUT2D eigenvalue weighted by Crippen LogP contribution is 2.25. The number of amides is 2. The van der Waals surface area contributed by atoms with Gasteiger partial charge in [-0.15, -0.1) is 0 Å². The summed E-state index contributed by atoms with van der Waals surface area (Å²) in [5.41, 5.74) is 2.23. The number of ether oxygens (including phenoxy) is 1. The zero-order valence-electron chi connectivity index (χ0n) is 17.9. The van der Waals surface area contributed by atoms with Crippen LogP contribution >= 0.6 is 0 Å². The second-order valence-electron chi connectivity index (χ2n) is 7.95. The predicted molar refractivity (Wildman–Crippen MR) is 113 cm³/mol. The number of rotatable bonds is 7. The van der Waals surface area contributed by atoms with Gasteiger partial charge >= 0.3 is 0 Å². The van der Waals surface area contributed by atoms with Crippen molar-refractivity contribution in [3.63, 3.8) is 0 Å². The minimum atomic E-state index is -0.338. The predicted octanol–water partition coefficient (Wildman–Crippen LogP) is 3.20. The highest BCUT2D eigenvalue weighted by molar-refractivity contribution is 6.00. The monoisotopic (exact) mass is 440 g/mol. The van der Waals surface area contributed by atoms with E-state index in [0.29, 0.717) is 36.0 Å². The van der Waals surface area contributed by atoms with Crippen LogP contribution in [0.2, 0.25) is 0 Å². The molecule has 32 heavy (non-hydrogen) atoms. The average Bonchev–Trinajstić information content (AvgIpc) is 3.44. The van der Waals surface area contributed by atoms with E-state index in [0.717, 1.165) is 5.56 Å². The van der Waals surface area contributed by atoms with Crippen LogP contribution in [0.1, 0.15) is 57.9 Å². The van der Waals surface area contributed by atoms with E-state index in [4.69, 9.17) is 9.15 Å². The van der Waals surface area contributed by atoms with Gasteiger partial charge < -0.3 is 24.4 Å². The first-order valence-corrected chi connectivity index (χ1v) is 10.5. The molecular weight excluding hydrogens is 415 g/mol. The molecule has 0 bridgehead atoms. The molecule has 1 aromatic carbocycles. The molecule has 0 saturated carbocycles. The maximum Gasteiger partial charge on any atom is 0.268 e. The number of halogens is 1. The standard InChI is InChI=1S/C23H25FN4O4/c1-14(2)21(15-3-5-16(24)6-4-15)27-23(30)18-11-17(19-13-31-10-8-28(18)19)22(29)26-12-20-25-7-9-32-20/h3-7,9,11,14,21H,8,10,12-13H2,1-2H3,(H,26,29)(H,27,30)/t21-/m1/s1. The third-order valence-electron chi connectivity index (χ3n) is 5.45. The van der Waals surface area contributed by atoms with E-state index in [1.807, 2.05) is 18.4 Å². The number of hydrogen-bond acceptors (Lipinski definition) is 5. The smallest absolute Gasteiger partial charge is 0.268 e. The summed E-state index contributed by atoms with van der Waals surface area (Å²) >= 11 is 0. The largest absolute Gasteiger partial charge is 0.447 e. The normalized spacial score (nSPS) is 14.1. The Bertz CT molecular complexity index is 1090. The van der Waals surface area contributed by atoms with Gasteiger partial charge in [-0.2, -0.15) is 0 Å². The summed E-state index contributed by atoms with van der Waals surface area (Å²) in [4.78, 5) is 30.1. The number of benzene rings is 1. The topological polar surface area (TPSA) is 98.4 Å². The van der Waals surface area contributed by atoms with Gasteiger partial charge in [0.1, 0.15) is 17.8 Å². The molecule has 168 valence electrons. The molecule has 1 atom stereocenters. The van der Waals surface area contributed by atoms with Gasteiger partial charge in [-0.05, 0) is 29.7 Å². The Morgan fingerprint density at radius 3 is 2.69 bits per heavy atom. The molecule has 9 heteroatoms. The van der Waals surface area contributed by atoms with Crippen LogP contribution in [0.5, 0.6) is 0 Å². The molecule has 0 spiro atoms. The Morgan fingerprint density at radius 1 is 1.22 bits per heavy atom. The van der Waals surface area contributed by atoms with Crippen molar-refractivity contribution in [2.75, 3.05) is 6.61 Å². The molecular formula is C23H25FN4O4. The number of nitrogens with one attached hydrogen (secondary N) is 2. The lowest BCUT2D eigenvalue weighted by atomic mass is 9.96. The van der Waals surface area contributed by atoms with Crippen molar-refractivity contribution in [2.45, 2.75) is 39.6 Å². The van der Waals surface area contributed by atoms with Crippen LogP contribution in [0.4, 0.5) is 4.39 Å². The van der Waals surface area contributed by atoms with Gasteiger partial charge in [0.25, 0.3) is 11.8 Å². The highest BCUT2D eigenvalue weighted by atomic mass is 19.1.